The molecule has 1 aromatic heterocycles. The highest BCUT2D eigenvalue weighted by molar-refractivity contribution is 5.90. The molecule has 5 nitrogen and oxygen atoms in total. The molecule has 0 unspecified atom stereocenters. The smallest absolute Gasteiger partial charge is 0.328 e. The summed E-state index contributed by atoms with van der Waals surface area (Å²) in [6.07, 6.45) is 2.54. The van der Waals surface area contributed by atoms with Gasteiger partial charge >= 0.3 is 5.97 Å². The van der Waals surface area contributed by atoms with Crippen molar-refractivity contribution in [2.24, 2.45) is 0 Å². The molecular weight excluding hydrogens is 196 g/mol. The number of hydrogen-bond donors (Lipinski definition) is 2. The molecule has 0 saturated carbocycles. The summed E-state index contributed by atoms with van der Waals surface area (Å²) in [5.41, 5.74) is 6.88. The number of rotatable bonds is 2. The third kappa shape index (κ3) is 1.80. The van der Waals surface area contributed by atoms with Gasteiger partial charge in [0.2, 0.25) is 0 Å². The topological polar surface area (TPSA) is 89.4 Å². The Morgan fingerprint density at radius 3 is 3.07 bits per heavy atom. The summed E-state index contributed by atoms with van der Waals surface area (Å²) in [6, 6.07) is 5.15. The molecule has 0 aliphatic heterocycles. The number of nitrogens with zero attached hydrogens (tertiary/aromatic N) is 1. The molecule has 0 amide bonds. The number of anilines is 1. The lowest BCUT2D eigenvalue weighted by Crippen LogP contribution is -1.86. The summed E-state index contributed by atoms with van der Waals surface area (Å²) >= 11 is 0. The average Bonchev–Trinajstić information content (AvgIpc) is 2.57. The summed E-state index contributed by atoms with van der Waals surface area (Å²) in [4.78, 5) is 10.3. The minimum absolute atomic E-state index is 0.301. The van der Waals surface area contributed by atoms with Crippen LogP contribution in [0.15, 0.2) is 28.8 Å². The van der Waals surface area contributed by atoms with Crippen LogP contribution in [-0.2, 0) is 4.79 Å². The Morgan fingerprint density at radius 2 is 2.33 bits per heavy atom. The van der Waals surface area contributed by atoms with Gasteiger partial charge in [0.05, 0.1) is 5.39 Å². The summed E-state index contributed by atoms with van der Waals surface area (Å²) < 4.78 is 4.91. The van der Waals surface area contributed by atoms with Crippen LogP contribution in [0, 0.1) is 0 Å². The summed E-state index contributed by atoms with van der Waals surface area (Å²) in [5.74, 6) is -0.691. The first-order valence-electron chi connectivity index (χ1n) is 4.23. The fraction of sp³-hybridized carbons (Fsp3) is 0. The van der Waals surface area contributed by atoms with E-state index in [9.17, 15) is 4.79 Å². The van der Waals surface area contributed by atoms with Crippen LogP contribution in [0.25, 0.3) is 17.0 Å². The van der Waals surface area contributed by atoms with Crippen LogP contribution >= 0.6 is 0 Å². The summed E-state index contributed by atoms with van der Waals surface area (Å²) in [5, 5.41) is 12.7. The fourth-order valence-corrected chi connectivity index (χ4v) is 1.25. The van der Waals surface area contributed by atoms with Crippen LogP contribution in [0.4, 0.5) is 5.82 Å². The minimum atomic E-state index is -0.992. The van der Waals surface area contributed by atoms with E-state index >= 15 is 0 Å². The van der Waals surface area contributed by atoms with Crippen molar-refractivity contribution in [1.29, 1.82) is 0 Å². The first-order chi connectivity index (χ1) is 7.16. The van der Waals surface area contributed by atoms with E-state index in [1.165, 1.54) is 6.08 Å². The van der Waals surface area contributed by atoms with E-state index in [-0.39, 0.29) is 0 Å². The number of hydrogen-bond acceptors (Lipinski definition) is 4. The molecule has 0 saturated heterocycles. The molecule has 15 heavy (non-hydrogen) atoms. The highest BCUT2D eigenvalue weighted by Crippen LogP contribution is 2.21. The average molecular weight is 204 g/mol. The largest absolute Gasteiger partial charge is 0.478 e. The quantitative estimate of drug-likeness (QED) is 0.723. The Morgan fingerprint density at radius 1 is 1.53 bits per heavy atom. The summed E-state index contributed by atoms with van der Waals surface area (Å²) in [6.45, 7) is 0. The van der Waals surface area contributed by atoms with Crippen LogP contribution in [0.3, 0.4) is 0 Å². The lowest BCUT2D eigenvalue weighted by Gasteiger charge is -1.92. The fourth-order valence-electron chi connectivity index (χ4n) is 1.25. The molecule has 0 atom stereocenters. The van der Waals surface area contributed by atoms with Gasteiger partial charge in [0.1, 0.15) is 0 Å². The third-order valence-electron chi connectivity index (χ3n) is 1.94. The number of aliphatic carboxylic acids is 1. The minimum Gasteiger partial charge on any atom is -0.478 e. The lowest BCUT2D eigenvalue weighted by atomic mass is 10.1. The normalized spacial score (nSPS) is 11.2. The first kappa shape index (κ1) is 9.26. The van der Waals surface area contributed by atoms with Crippen LogP contribution in [0.2, 0.25) is 0 Å². The van der Waals surface area contributed by atoms with E-state index in [1.807, 2.05) is 0 Å². The molecule has 76 valence electrons. The van der Waals surface area contributed by atoms with Crippen LogP contribution in [-0.4, -0.2) is 16.2 Å². The number of fused-ring (bicyclic) bond motifs is 1. The number of nitrogens with two attached hydrogens (primary N) is 1. The Kier molecular flexibility index (Phi) is 2.13. The Hall–Kier alpha value is -2.30. The highest BCUT2D eigenvalue weighted by Gasteiger charge is 2.04. The highest BCUT2D eigenvalue weighted by atomic mass is 16.5. The molecular formula is C10H8N2O3. The standard InChI is InChI=1S/C10H8N2O3/c11-10-7-5-6(2-4-9(13)14)1-3-8(7)15-12-10/h1-5H,(H2,11,12)(H,13,14). The van der Waals surface area contributed by atoms with Crippen molar-refractivity contribution < 1.29 is 14.4 Å². The number of carbonyl (C=O) groups is 1. The Bertz CT molecular complexity index is 543. The van der Waals surface area contributed by atoms with Crippen molar-refractivity contribution in [2.45, 2.75) is 0 Å². The monoisotopic (exact) mass is 204 g/mol. The second-order valence-electron chi connectivity index (χ2n) is 2.99. The third-order valence-corrected chi connectivity index (χ3v) is 1.94. The molecule has 0 bridgehead atoms. The van der Waals surface area contributed by atoms with Crippen molar-refractivity contribution >= 4 is 28.8 Å². The molecule has 0 spiro atoms. The molecule has 0 aliphatic rings. The van der Waals surface area contributed by atoms with Gasteiger partial charge < -0.3 is 15.4 Å². The predicted octanol–water partition coefficient (Wildman–Crippen LogP) is 1.51. The number of aromatic nitrogens is 1. The van der Waals surface area contributed by atoms with Crippen LogP contribution in [0.5, 0.6) is 0 Å². The number of benzene rings is 1. The lowest BCUT2D eigenvalue weighted by molar-refractivity contribution is -0.131. The zero-order chi connectivity index (χ0) is 10.8. The zero-order valence-corrected chi connectivity index (χ0v) is 7.68. The van der Waals surface area contributed by atoms with Crippen molar-refractivity contribution in [1.82, 2.24) is 5.16 Å². The van der Waals surface area contributed by atoms with Gasteiger partial charge in [-0.2, -0.15) is 0 Å². The second-order valence-corrected chi connectivity index (χ2v) is 2.99. The number of nitrogen functional groups attached to an aromatic ring is 1. The van der Waals surface area contributed by atoms with Crippen LogP contribution < -0.4 is 5.73 Å². The first-order valence-corrected chi connectivity index (χ1v) is 4.23. The molecule has 2 rings (SSSR count). The number of carboxylic acids is 1. The molecule has 1 aromatic carbocycles. The van der Waals surface area contributed by atoms with Gasteiger partial charge in [0.15, 0.2) is 11.4 Å². The van der Waals surface area contributed by atoms with Gasteiger partial charge in [-0.25, -0.2) is 4.79 Å². The van der Waals surface area contributed by atoms with E-state index in [2.05, 4.69) is 5.16 Å². The van der Waals surface area contributed by atoms with E-state index < -0.39 is 5.97 Å². The van der Waals surface area contributed by atoms with Gasteiger partial charge in [0, 0.05) is 6.08 Å². The summed E-state index contributed by atoms with van der Waals surface area (Å²) in [7, 11) is 0. The van der Waals surface area contributed by atoms with E-state index in [1.54, 1.807) is 18.2 Å². The molecule has 0 aliphatic carbocycles. The van der Waals surface area contributed by atoms with Crippen LogP contribution in [0.1, 0.15) is 5.56 Å². The predicted molar refractivity (Wildman–Crippen MR) is 55.1 cm³/mol. The van der Waals surface area contributed by atoms with Gasteiger partial charge in [0.25, 0.3) is 0 Å². The molecule has 0 radical (unpaired) electrons. The van der Waals surface area contributed by atoms with Crippen molar-refractivity contribution in [3.8, 4) is 0 Å². The van der Waals surface area contributed by atoms with E-state index in [0.717, 1.165) is 11.6 Å². The maximum absolute atomic E-state index is 10.3. The van der Waals surface area contributed by atoms with Crippen molar-refractivity contribution in [3.63, 3.8) is 0 Å². The van der Waals surface area contributed by atoms with E-state index in [4.69, 9.17) is 15.4 Å². The van der Waals surface area contributed by atoms with Crippen molar-refractivity contribution in [2.75, 3.05) is 5.73 Å². The Labute approximate surface area is 84.8 Å². The molecule has 5 heteroatoms. The maximum Gasteiger partial charge on any atom is 0.328 e. The van der Waals surface area contributed by atoms with Gasteiger partial charge in [-0.3, -0.25) is 0 Å². The second kappa shape index (κ2) is 3.45. The molecule has 3 N–H and O–H groups in total. The van der Waals surface area contributed by atoms with Crippen molar-refractivity contribution in [3.05, 3.63) is 29.8 Å². The van der Waals surface area contributed by atoms with Gasteiger partial charge in [-0.1, -0.05) is 11.2 Å². The van der Waals surface area contributed by atoms with Gasteiger partial charge in [-0.15, -0.1) is 0 Å². The maximum atomic E-state index is 10.3. The SMILES string of the molecule is Nc1noc2ccc(C=CC(=O)O)cc12. The zero-order valence-electron chi connectivity index (χ0n) is 7.68. The molecule has 1 heterocycles. The molecule has 0 fully saturated rings. The Balaban J connectivity index is 2.46. The number of carboxylic acid groups (broad SMARTS) is 1. The van der Waals surface area contributed by atoms with Gasteiger partial charge in [-0.05, 0) is 23.8 Å². The van der Waals surface area contributed by atoms with E-state index in [0.29, 0.717) is 16.8 Å². The molecule has 2 aromatic rings.